The fourth-order valence-electron chi connectivity index (χ4n) is 7.99. The van der Waals surface area contributed by atoms with Gasteiger partial charge in [-0.2, -0.15) is 0 Å². The van der Waals surface area contributed by atoms with E-state index in [9.17, 15) is 5.11 Å². The molecule has 3 saturated heterocycles. The van der Waals surface area contributed by atoms with Crippen molar-refractivity contribution in [2.24, 2.45) is 17.3 Å². The van der Waals surface area contributed by atoms with Crippen LogP contribution in [0.4, 0.5) is 0 Å². The van der Waals surface area contributed by atoms with Crippen molar-refractivity contribution in [1.82, 2.24) is 4.90 Å². The molecule has 6 rings (SSSR count). The summed E-state index contributed by atoms with van der Waals surface area (Å²) in [5.74, 6) is 1.37. The van der Waals surface area contributed by atoms with Crippen molar-refractivity contribution in [2.75, 3.05) is 20.7 Å². The molecule has 3 aliphatic carbocycles. The normalized spacial score (nSPS) is 55.6. The van der Waals surface area contributed by atoms with Gasteiger partial charge in [0, 0.05) is 18.4 Å². The van der Waals surface area contributed by atoms with Crippen molar-refractivity contribution in [1.29, 1.82) is 0 Å². The SMILES string of the molecule is COC1=C2O[C@H]3C4(CCC5(O)[C@H]6CC(C=C1)C2[C@@]35CCN6C)O[C@H](C)C[C@H](C)O4. The smallest absolute Gasteiger partial charge is 0.207 e. The van der Waals surface area contributed by atoms with E-state index in [1.807, 2.05) is 0 Å². The summed E-state index contributed by atoms with van der Waals surface area (Å²) in [4.78, 5) is 2.37. The molecular weight excluding hydrogens is 370 g/mol. The minimum absolute atomic E-state index is 0.114. The highest BCUT2D eigenvalue weighted by molar-refractivity contribution is 5.39. The maximum absolute atomic E-state index is 12.4. The minimum atomic E-state index is -0.806. The summed E-state index contributed by atoms with van der Waals surface area (Å²) in [7, 11) is 3.86. The summed E-state index contributed by atoms with van der Waals surface area (Å²) in [5.41, 5.74) is -1.22. The van der Waals surface area contributed by atoms with E-state index in [4.69, 9.17) is 18.9 Å². The summed E-state index contributed by atoms with van der Waals surface area (Å²) < 4.78 is 25.7. The molecule has 2 spiro atoms. The van der Waals surface area contributed by atoms with Crippen LogP contribution in [0.15, 0.2) is 23.7 Å². The standard InChI is InChI=1S/C23H33NO5/c1-13-11-14(2)29-23(28-13)8-7-22(25)17-12-15-5-6-16(26-4)19-18(15)21(22,20(23)27-19)9-10-24(17)3/h5-6,13-15,17-18,20,25H,7-12H2,1-4H3/t13-,14+,15?,17-,18?,20-,21+,22?,23?/m1/s1. The second-order valence-electron chi connectivity index (χ2n) is 10.3. The lowest BCUT2D eigenvalue weighted by Gasteiger charge is -2.68. The lowest BCUT2D eigenvalue weighted by molar-refractivity contribution is -0.397. The number of methoxy groups -OCH3 is 1. The molecule has 0 aromatic heterocycles. The Morgan fingerprint density at radius 3 is 2.62 bits per heavy atom. The highest BCUT2D eigenvalue weighted by atomic mass is 16.7. The van der Waals surface area contributed by atoms with E-state index in [1.54, 1.807) is 7.11 Å². The number of ether oxygens (including phenoxy) is 4. The van der Waals surface area contributed by atoms with Gasteiger partial charge in [0.05, 0.1) is 30.3 Å². The first kappa shape index (κ1) is 18.7. The monoisotopic (exact) mass is 403 g/mol. The van der Waals surface area contributed by atoms with Gasteiger partial charge < -0.3 is 29.0 Å². The average Bonchev–Trinajstić information content (AvgIpc) is 3.03. The van der Waals surface area contributed by atoms with Crippen LogP contribution in [0.5, 0.6) is 0 Å². The maximum Gasteiger partial charge on any atom is 0.207 e. The van der Waals surface area contributed by atoms with Gasteiger partial charge >= 0.3 is 0 Å². The van der Waals surface area contributed by atoms with E-state index >= 15 is 0 Å². The Morgan fingerprint density at radius 2 is 1.90 bits per heavy atom. The van der Waals surface area contributed by atoms with Crippen LogP contribution in [0.25, 0.3) is 0 Å². The van der Waals surface area contributed by atoms with Crippen molar-refractivity contribution in [3.05, 3.63) is 23.7 Å². The number of hydrogen-bond donors (Lipinski definition) is 1. The Morgan fingerprint density at radius 1 is 1.14 bits per heavy atom. The summed E-state index contributed by atoms with van der Waals surface area (Å²) in [6.45, 7) is 5.21. The first-order valence-corrected chi connectivity index (χ1v) is 11.3. The Hall–Kier alpha value is -1.08. The first-order valence-electron chi connectivity index (χ1n) is 11.3. The number of hydrogen-bond acceptors (Lipinski definition) is 6. The fourth-order valence-corrected chi connectivity index (χ4v) is 7.99. The summed E-state index contributed by atoms with van der Waals surface area (Å²) in [6.07, 6.45) is 8.32. The molecule has 29 heavy (non-hydrogen) atoms. The second-order valence-corrected chi connectivity index (χ2v) is 10.3. The molecule has 160 valence electrons. The third-order valence-electron chi connectivity index (χ3n) is 8.92. The molecule has 5 fully saturated rings. The number of piperidine rings is 1. The van der Waals surface area contributed by atoms with Crippen molar-refractivity contribution >= 4 is 0 Å². The van der Waals surface area contributed by atoms with E-state index in [0.717, 1.165) is 37.3 Å². The van der Waals surface area contributed by atoms with Gasteiger partial charge in [-0.05, 0) is 65.1 Å². The van der Waals surface area contributed by atoms with Gasteiger partial charge in [0.2, 0.25) is 5.79 Å². The highest BCUT2D eigenvalue weighted by Crippen LogP contribution is 2.72. The van der Waals surface area contributed by atoms with E-state index in [-0.39, 0.29) is 30.3 Å². The van der Waals surface area contributed by atoms with E-state index in [2.05, 4.69) is 37.9 Å². The van der Waals surface area contributed by atoms with Gasteiger partial charge in [0.1, 0.15) is 5.76 Å². The van der Waals surface area contributed by atoms with Crippen LogP contribution in [-0.2, 0) is 18.9 Å². The van der Waals surface area contributed by atoms with Crippen molar-refractivity contribution < 1.29 is 24.1 Å². The summed E-state index contributed by atoms with van der Waals surface area (Å²) in [5, 5.41) is 12.4. The third-order valence-corrected chi connectivity index (χ3v) is 8.92. The number of aliphatic hydroxyl groups is 1. The average molecular weight is 404 g/mol. The first-order chi connectivity index (χ1) is 13.8. The molecule has 0 radical (unpaired) electrons. The molecule has 0 aromatic rings. The topological polar surface area (TPSA) is 60.4 Å². The van der Waals surface area contributed by atoms with E-state index < -0.39 is 16.8 Å². The van der Waals surface area contributed by atoms with Crippen LogP contribution < -0.4 is 0 Å². The molecule has 6 aliphatic rings. The molecular formula is C23H33NO5. The maximum atomic E-state index is 12.4. The van der Waals surface area contributed by atoms with Crippen LogP contribution in [0, 0.1) is 17.3 Å². The Balaban J connectivity index is 1.56. The molecule has 6 heteroatoms. The Labute approximate surface area is 172 Å². The number of likely N-dealkylation sites (tertiary alicyclic amines) is 1. The molecule has 1 N–H and O–H groups in total. The predicted octanol–water partition coefficient (Wildman–Crippen LogP) is 2.57. The molecule has 4 unspecified atom stereocenters. The van der Waals surface area contributed by atoms with Gasteiger partial charge in [0.25, 0.3) is 0 Å². The highest BCUT2D eigenvalue weighted by Gasteiger charge is 2.80. The molecule has 2 saturated carbocycles. The molecule has 0 amide bonds. The number of fused-ring (bicyclic) bond motifs is 1. The largest absolute Gasteiger partial charge is 0.493 e. The zero-order valence-electron chi connectivity index (χ0n) is 17.9. The van der Waals surface area contributed by atoms with Crippen LogP contribution in [0.3, 0.4) is 0 Å². The van der Waals surface area contributed by atoms with Gasteiger partial charge in [-0.25, -0.2) is 0 Å². The summed E-state index contributed by atoms with van der Waals surface area (Å²) >= 11 is 0. The molecule has 9 atom stereocenters. The molecule has 6 nitrogen and oxygen atoms in total. The lowest BCUT2D eigenvalue weighted by Crippen LogP contribution is -2.79. The quantitative estimate of drug-likeness (QED) is 0.726. The zero-order chi connectivity index (χ0) is 20.2. The van der Waals surface area contributed by atoms with Crippen molar-refractivity contribution in [2.45, 2.75) is 81.7 Å². The molecule has 3 heterocycles. The lowest BCUT2D eigenvalue weighted by atomic mass is 9.43. The van der Waals surface area contributed by atoms with Crippen molar-refractivity contribution in [3.8, 4) is 0 Å². The van der Waals surface area contributed by atoms with Crippen LogP contribution >= 0.6 is 0 Å². The number of allylic oxidation sites excluding steroid dienone is 3. The van der Waals surface area contributed by atoms with Gasteiger partial charge in [-0.1, -0.05) is 6.08 Å². The van der Waals surface area contributed by atoms with Crippen LogP contribution in [0.2, 0.25) is 0 Å². The molecule has 0 aromatic carbocycles. The molecule has 2 bridgehead atoms. The number of rotatable bonds is 1. The van der Waals surface area contributed by atoms with E-state index in [1.165, 1.54) is 0 Å². The fraction of sp³-hybridized carbons (Fsp3) is 0.826. The summed E-state index contributed by atoms with van der Waals surface area (Å²) in [6, 6.07) is 0.132. The minimum Gasteiger partial charge on any atom is -0.493 e. The second kappa shape index (κ2) is 5.78. The predicted molar refractivity (Wildman–Crippen MR) is 106 cm³/mol. The van der Waals surface area contributed by atoms with Crippen LogP contribution in [0.1, 0.15) is 46.0 Å². The van der Waals surface area contributed by atoms with Gasteiger partial charge in [-0.3, -0.25) is 0 Å². The third kappa shape index (κ3) is 2.07. The zero-order valence-corrected chi connectivity index (χ0v) is 17.9. The Kier molecular flexibility index (Phi) is 3.72. The van der Waals surface area contributed by atoms with Crippen LogP contribution in [-0.4, -0.2) is 66.5 Å². The molecule has 3 aliphatic heterocycles. The van der Waals surface area contributed by atoms with Gasteiger partial charge in [0.15, 0.2) is 11.9 Å². The number of likely N-dealkylation sites (N-methyl/N-ethyl adjacent to an activating group) is 1. The van der Waals surface area contributed by atoms with E-state index in [0.29, 0.717) is 18.8 Å². The van der Waals surface area contributed by atoms with Crippen molar-refractivity contribution in [3.63, 3.8) is 0 Å². The number of nitrogens with zero attached hydrogens (tertiary/aromatic N) is 1. The van der Waals surface area contributed by atoms with Gasteiger partial charge in [-0.15, -0.1) is 0 Å². The Bertz CT molecular complexity index is 784.